The second-order valence-electron chi connectivity index (χ2n) is 6.75. The number of benzene rings is 3. The Bertz CT molecular complexity index is 868. The first-order valence-electron chi connectivity index (χ1n) is 9.52. The van der Waals surface area contributed by atoms with Gasteiger partial charge >= 0.3 is 0 Å². The maximum atomic E-state index is 9.50. The number of allylic oxidation sites excluding steroid dienone is 1. The van der Waals surface area contributed by atoms with E-state index in [0.29, 0.717) is 6.61 Å². The molecule has 0 aromatic heterocycles. The highest BCUT2D eigenvalue weighted by Crippen LogP contribution is 2.34. The molecule has 2 unspecified atom stereocenters. The molecule has 0 aliphatic heterocycles. The molecule has 0 aliphatic carbocycles. The van der Waals surface area contributed by atoms with E-state index < -0.39 is 6.10 Å². The fourth-order valence-electron chi connectivity index (χ4n) is 3.22. The van der Waals surface area contributed by atoms with E-state index >= 15 is 0 Å². The molecule has 0 heterocycles. The summed E-state index contributed by atoms with van der Waals surface area (Å²) in [6.45, 7) is 4.60. The zero-order chi connectivity index (χ0) is 19.8. The van der Waals surface area contributed by atoms with Crippen LogP contribution < -0.4 is 4.74 Å². The van der Waals surface area contributed by atoms with E-state index in [9.17, 15) is 5.26 Å². The van der Waals surface area contributed by atoms with E-state index in [4.69, 9.17) is 9.62 Å². The fourth-order valence-corrected chi connectivity index (χ4v) is 3.22. The second kappa shape index (κ2) is 9.88. The molecule has 0 bridgehead atoms. The molecule has 3 aromatic carbocycles. The SMILES string of the molecule is C/C=C/COc1ccc(-c2ccc(C(OO)C(C)c3ccccc3)cc2)cc1. The van der Waals surface area contributed by atoms with Crippen LogP contribution in [0.2, 0.25) is 0 Å². The predicted octanol–water partition coefficient (Wildman–Crippen LogP) is 6.64. The van der Waals surface area contributed by atoms with E-state index in [1.54, 1.807) is 0 Å². The van der Waals surface area contributed by atoms with Crippen molar-refractivity contribution < 1.29 is 14.9 Å². The number of ether oxygens (including phenoxy) is 1. The van der Waals surface area contributed by atoms with Crippen LogP contribution in [0.1, 0.15) is 37.0 Å². The highest BCUT2D eigenvalue weighted by Gasteiger charge is 2.22. The summed E-state index contributed by atoms with van der Waals surface area (Å²) in [5.74, 6) is 0.884. The minimum atomic E-state index is -0.418. The van der Waals surface area contributed by atoms with Crippen molar-refractivity contribution in [3.63, 3.8) is 0 Å². The largest absolute Gasteiger partial charge is 0.490 e. The summed E-state index contributed by atoms with van der Waals surface area (Å²) in [7, 11) is 0. The molecular weight excluding hydrogens is 348 g/mol. The Morgan fingerprint density at radius 2 is 1.43 bits per heavy atom. The lowest BCUT2D eigenvalue weighted by atomic mass is 9.90. The Labute approximate surface area is 166 Å². The lowest BCUT2D eigenvalue weighted by Crippen LogP contribution is -2.10. The van der Waals surface area contributed by atoms with Gasteiger partial charge in [0, 0.05) is 5.92 Å². The first-order chi connectivity index (χ1) is 13.7. The van der Waals surface area contributed by atoms with Gasteiger partial charge in [-0.1, -0.05) is 85.8 Å². The first kappa shape index (κ1) is 19.9. The Hall–Kier alpha value is -2.88. The Balaban J connectivity index is 1.73. The Morgan fingerprint density at radius 3 is 2.00 bits per heavy atom. The van der Waals surface area contributed by atoms with E-state index in [1.165, 1.54) is 0 Å². The zero-order valence-corrected chi connectivity index (χ0v) is 16.3. The average Bonchev–Trinajstić information content (AvgIpc) is 2.76. The Kier molecular flexibility index (Phi) is 7.01. The molecular formula is C25H26O3. The normalized spacial score (nSPS) is 13.4. The van der Waals surface area contributed by atoms with E-state index in [0.717, 1.165) is 28.0 Å². The molecule has 3 heteroatoms. The fraction of sp³-hybridized carbons (Fsp3) is 0.200. The standard InChI is InChI=1S/C25H26O3/c1-3-4-18-27-24-16-14-22(15-17-24)21-10-12-23(13-11-21)25(28-26)19(2)20-8-6-5-7-9-20/h3-17,19,25-26H,18H2,1-2H3/b4-3+. The van der Waals surface area contributed by atoms with Crippen molar-refractivity contribution in [1.29, 1.82) is 0 Å². The van der Waals surface area contributed by atoms with Crippen molar-refractivity contribution in [2.45, 2.75) is 25.9 Å². The summed E-state index contributed by atoms with van der Waals surface area (Å²) in [5, 5.41) is 9.50. The quantitative estimate of drug-likeness (QED) is 0.273. The summed E-state index contributed by atoms with van der Waals surface area (Å²) in [5.41, 5.74) is 4.28. The maximum absolute atomic E-state index is 9.50. The molecule has 0 spiro atoms. The van der Waals surface area contributed by atoms with Gasteiger partial charge in [-0.3, -0.25) is 5.26 Å². The van der Waals surface area contributed by atoms with Gasteiger partial charge in [0.05, 0.1) is 0 Å². The van der Waals surface area contributed by atoms with Gasteiger partial charge in [-0.2, -0.15) is 0 Å². The number of hydrogen-bond donors (Lipinski definition) is 1. The van der Waals surface area contributed by atoms with Gasteiger partial charge < -0.3 is 4.74 Å². The molecule has 28 heavy (non-hydrogen) atoms. The highest BCUT2D eigenvalue weighted by molar-refractivity contribution is 5.64. The van der Waals surface area contributed by atoms with Gasteiger partial charge in [0.15, 0.2) is 0 Å². The average molecular weight is 374 g/mol. The first-order valence-corrected chi connectivity index (χ1v) is 9.52. The van der Waals surface area contributed by atoms with Gasteiger partial charge in [-0.15, -0.1) is 0 Å². The minimum Gasteiger partial charge on any atom is -0.490 e. The summed E-state index contributed by atoms with van der Waals surface area (Å²) in [6.07, 6.45) is 3.53. The van der Waals surface area contributed by atoms with Crippen molar-refractivity contribution in [1.82, 2.24) is 0 Å². The number of rotatable bonds is 8. The van der Waals surface area contributed by atoms with Gasteiger partial charge in [0.2, 0.25) is 0 Å². The lowest BCUT2D eigenvalue weighted by Gasteiger charge is -2.22. The van der Waals surface area contributed by atoms with Crippen molar-refractivity contribution in [3.05, 3.63) is 102 Å². The molecule has 3 nitrogen and oxygen atoms in total. The molecule has 0 aliphatic rings. The summed E-state index contributed by atoms with van der Waals surface area (Å²) in [6, 6.07) is 26.2. The van der Waals surface area contributed by atoms with Crippen molar-refractivity contribution in [2.24, 2.45) is 0 Å². The lowest BCUT2D eigenvalue weighted by molar-refractivity contribution is -0.286. The third-order valence-electron chi connectivity index (χ3n) is 4.90. The summed E-state index contributed by atoms with van der Waals surface area (Å²) >= 11 is 0. The van der Waals surface area contributed by atoms with E-state index in [1.807, 2.05) is 85.8 Å². The van der Waals surface area contributed by atoms with Crippen molar-refractivity contribution in [2.75, 3.05) is 6.61 Å². The monoisotopic (exact) mass is 374 g/mol. The van der Waals surface area contributed by atoms with Crippen LogP contribution in [0.5, 0.6) is 5.75 Å². The number of hydrogen-bond acceptors (Lipinski definition) is 3. The summed E-state index contributed by atoms with van der Waals surface area (Å²) < 4.78 is 5.64. The smallest absolute Gasteiger partial charge is 0.124 e. The van der Waals surface area contributed by atoms with Gasteiger partial charge in [-0.05, 0) is 41.3 Å². The molecule has 2 atom stereocenters. The molecule has 0 saturated heterocycles. The molecule has 3 aromatic rings. The molecule has 0 amide bonds. The van der Waals surface area contributed by atoms with Crippen LogP contribution in [0.4, 0.5) is 0 Å². The van der Waals surface area contributed by atoms with Crippen LogP contribution in [0.3, 0.4) is 0 Å². The van der Waals surface area contributed by atoms with Crippen LogP contribution in [0, 0.1) is 0 Å². The van der Waals surface area contributed by atoms with Crippen LogP contribution >= 0.6 is 0 Å². The minimum absolute atomic E-state index is 0.0330. The predicted molar refractivity (Wildman–Crippen MR) is 113 cm³/mol. The van der Waals surface area contributed by atoms with E-state index in [2.05, 4.69) is 19.1 Å². The summed E-state index contributed by atoms with van der Waals surface area (Å²) in [4.78, 5) is 4.84. The molecule has 1 N–H and O–H groups in total. The van der Waals surface area contributed by atoms with Crippen LogP contribution in [0.25, 0.3) is 11.1 Å². The third-order valence-corrected chi connectivity index (χ3v) is 4.90. The van der Waals surface area contributed by atoms with Gasteiger partial charge in [-0.25, -0.2) is 4.89 Å². The van der Waals surface area contributed by atoms with Crippen LogP contribution in [-0.2, 0) is 4.89 Å². The van der Waals surface area contributed by atoms with Crippen molar-refractivity contribution >= 4 is 0 Å². The molecule has 0 saturated carbocycles. The Morgan fingerprint density at radius 1 is 0.821 bits per heavy atom. The zero-order valence-electron chi connectivity index (χ0n) is 16.3. The molecule has 144 valence electrons. The van der Waals surface area contributed by atoms with Crippen LogP contribution in [0.15, 0.2) is 91.0 Å². The molecule has 3 rings (SSSR count). The second-order valence-corrected chi connectivity index (χ2v) is 6.75. The third kappa shape index (κ3) is 4.89. The van der Waals surface area contributed by atoms with Gasteiger partial charge in [0.1, 0.15) is 18.5 Å². The van der Waals surface area contributed by atoms with Crippen LogP contribution in [-0.4, -0.2) is 11.9 Å². The maximum Gasteiger partial charge on any atom is 0.124 e. The highest BCUT2D eigenvalue weighted by atomic mass is 17.1. The van der Waals surface area contributed by atoms with Gasteiger partial charge in [0.25, 0.3) is 0 Å². The van der Waals surface area contributed by atoms with E-state index in [-0.39, 0.29) is 5.92 Å². The van der Waals surface area contributed by atoms with Crippen molar-refractivity contribution in [3.8, 4) is 16.9 Å². The molecule has 0 fully saturated rings. The topological polar surface area (TPSA) is 38.7 Å². The molecule has 0 radical (unpaired) electrons.